The molecule has 3 atom stereocenters. The molecular weight excluding hydrogens is 384 g/mol. The molecule has 3 aliphatic rings. The zero-order chi connectivity index (χ0) is 22.1. The van der Waals surface area contributed by atoms with Crippen molar-refractivity contribution in [2.75, 3.05) is 54.0 Å². The number of fused-ring (bicyclic) bond motifs is 1. The minimum Gasteiger partial charge on any atom is -0.348 e. The molecule has 1 aliphatic carbocycles. The van der Waals surface area contributed by atoms with E-state index in [0.717, 1.165) is 25.7 Å². The first-order chi connectivity index (χ1) is 14.1. The zero-order valence-corrected chi connectivity index (χ0v) is 19.6. The van der Waals surface area contributed by atoms with Gasteiger partial charge in [-0.2, -0.15) is 0 Å². The number of hydrogen-bond acceptors (Lipinski definition) is 6. The standard InChI is InChI=1S/C22H40N4O4/c1-7-26(20(28)23-21(2,3)15-24(4)5)19(27)17-12-16-13-22(29-10-11-30-22)9-8-18(16)25(6)14-17/h16-18H,7-15H2,1-6H3,(H,23,28)/t16-,17-,18-/m1/s1. The van der Waals surface area contributed by atoms with Crippen LogP contribution >= 0.6 is 0 Å². The van der Waals surface area contributed by atoms with Gasteiger partial charge in [0.1, 0.15) is 0 Å². The predicted molar refractivity (Wildman–Crippen MR) is 115 cm³/mol. The minimum absolute atomic E-state index is 0.0752. The topological polar surface area (TPSA) is 74.4 Å². The van der Waals surface area contributed by atoms with Crippen molar-refractivity contribution < 1.29 is 19.1 Å². The summed E-state index contributed by atoms with van der Waals surface area (Å²) in [6.45, 7) is 8.89. The van der Waals surface area contributed by atoms with Gasteiger partial charge in [-0.3, -0.25) is 9.69 Å². The maximum Gasteiger partial charge on any atom is 0.324 e. The highest BCUT2D eigenvalue weighted by molar-refractivity contribution is 5.96. The summed E-state index contributed by atoms with van der Waals surface area (Å²) in [4.78, 5) is 32.0. The van der Waals surface area contributed by atoms with Gasteiger partial charge in [0, 0.05) is 44.1 Å². The third-order valence-corrected chi connectivity index (χ3v) is 6.75. The van der Waals surface area contributed by atoms with E-state index in [4.69, 9.17) is 9.47 Å². The fourth-order valence-electron chi connectivity index (χ4n) is 5.73. The fraction of sp³-hybridized carbons (Fsp3) is 0.909. The number of likely N-dealkylation sites (N-methyl/N-ethyl adjacent to an activating group) is 1. The van der Waals surface area contributed by atoms with E-state index in [1.54, 1.807) is 0 Å². The van der Waals surface area contributed by atoms with E-state index in [0.29, 0.717) is 44.8 Å². The number of carbonyl (C=O) groups is 2. The van der Waals surface area contributed by atoms with Crippen molar-refractivity contribution in [1.82, 2.24) is 20.0 Å². The Bertz CT molecular complexity index is 633. The van der Waals surface area contributed by atoms with Gasteiger partial charge in [0.15, 0.2) is 5.79 Å². The Morgan fingerprint density at radius 2 is 1.90 bits per heavy atom. The van der Waals surface area contributed by atoms with Gasteiger partial charge >= 0.3 is 6.03 Å². The van der Waals surface area contributed by atoms with Crippen LogP contribution in [0.15, 0.2) is 0 Å². The number of hydrogen-bond donors (Lipinski definition) is 1. The summed E-state index contributed by atoms with van der Waals surface area (Å²) in [6.07, 6.45) is 3.56. The third-order valence-electron chi connectivity index (χ3n) is 6.75. The van der Waals surface area contributed by atoms with Crippen molar-refractivity contribution in [2.45, 2.75) is 63.8 Å². The van der Waals surface area contributed by atoms with Crippen molar-refractivity contribution in [3.8, 4) is 0 Å². The Morgan fingerprint density at radius 1 is 1.23 bits per heavy atom. The van der Waals surface area contributed by atoms with Crippen LogP contribution in [0, 0.1) is 11.8 Å². The van der Waals surface area contributed by atoms with Gasteiger partial charge in [0.05, 0.1) is 19.1 Å². The SMILES string of the molecule is CCN(C(=O)NC(C)(C)CN(C)C)C(=O)[C@@H]1C[C@@H]2CC3(CC[C@H]2N(C)C1)OCCO3. The van der Waals surface area contributed by atoms with Gasteiger partial charge in [0.25, 0.3) is 0 Å². The van der Waals surface area contributed by atoms with Crippen LogP contribution in [-0.2, 0) is 14.3 Å². The second kappa shape index (κ2) is 9.10. The highest BCUT2D eigenvalue weighted by atomic mass is 16.7. The second-order valence-electron chi connectivity index (χ2n) is 10.2. The average molecular weight is 425 g/mol. The molecule has 1 N–H and O–H groups in total. The molecule has 1 spiro atoms. The minimum atomic E-state index is -0.453. The van der Waals surface area contributed by atoms with Gasteiger partial charge in [-0.1, -0.05) is 0 Å². The number of amides is 3. The molecule has 0 radical (unpaired) electrons. The monoisotopic (exact) mass is 424 g/mol. The predicted octanol–water partition coefficient (Wildman–Crippen LogP) is 1.75. The number of imide groups is 1. The molecule has 8 heteroatoms. The maximum atomic E-state index is 13.4. The first-order valence-corrected chi connectivity index (χ1v) is 11.3. The smallest absolute Gasteiger partial charge is 0.324 e. The highest BCUT2D eigenvalue weighted by Gasteiger charge is 2.49. The van der Waals surface area contributed by atoms with Gasteiger partial charge in [-0.15, -0.1) is 0 Å². The van der Waals surface area contributed by atoms with Crippen LogP contribution < -0.4 is 5.32 Å². The Kier molecular flexibility index (Phi) is 7.11. The van der Waals surface area contributed by atoms with E-state index in [1.165, 1.54) is 4.90 Å². The lowest BCUT2D eigenvalue weighted by Crippen LogP contribution is -2.59. The van der Waals surface area contributed by atoms with Crippen molar-refractivity contribution in [3.05, 3.63) is 0 Å². The molecule has 3 fully saturated rings. The van der Waals surface area contributed by atoms with E-state index < -0.39 is 11.3 Å². The number of piperidine rings is 1. The molecule has 172 valence electrons. The van der Waals surface area contributed by atoms with E-state index >= 15 is 0 Å². The number of nitrogens with one attached hydrogen (secondary N) is 1. The van der Waals surface area contributed by atoms with E-state index in [9.17, 15) is 9.59 Å². The lowest BCUT2D eigenvalue weighted by atomic mass is 9.72. The number of ether oxygens (including phenoxy) is 2. The zero-order valence-electron chi connectivity index (χ0n) is 19.6. The number of carbonyl (C=O) groups excluding carboxylic acids is 2. The molecule has 2 saturated heterocycles. The van der Waals surface area contributed by atoms with Crippen LogP contribution in [0.25, 0.3) is 0 Å². The quantitative estimate of drug-likeness (QED) is 0.725. The summed E-state index contributed by atoms with van der Waals surface area (Å²) in [7, 11) is 6.04. The molecule has 2 aliphatic heterocycles. The molecule has 0 bridgehead atoms. The molecule has 30 heavy (non-hydrogen) atoms. The Hall–Kier alpha value is -1.22. The Morgan fingerprint density at radius 3 is 2.50 bits per heavy atom. The van der Waals surface area contributed by atoms with E-state index in [-0.39, 0.29) is 17.9 Å². The van der Waals surface area contributed by atoms with Crippen molar-refractivity contribution in [3.63, 3.8) is 0 Å². The Balaban J connectivity index is 1.66. The normalized spacial score (nSPS) is 29.1. The first-order valence-electron chi connectivity index (χ1n) is 11.3. The van der Waals surface area contributed by atoms with Gasteiger partial charge in [0.2, 0.25) is 5.91 Å². The molecule has 2 heterocycles. The van der Waals surface area contributed by atoms with E-state index in [1.807, 2.05) is 39.8 Å². The number of nitrogens with zero attached hydrogens (tertiary/aromatic N) is 3. The van der Waals surface area contributed by atoms with Crippen LogP contribution in [0.2, 0.25) is 0 Å². The fourth-order valence-corrected chi connectivity index (χ4v) is 5.73. The van der Waals surface area contributed by atoms with Crippen LogP contribution in [0.1, 0.15) is 46.5 Å². The van der Waals surface area contributed by atoms with Crippen LogP contribution in [0.5, 0.6) is 0 Å². The number of likely N-dealkylation sites (tertiary alicyclic amines) is 1. The lowest BCUT2D eigenvalue weighted by molar-refractivity contribution is -0.202. The molecule has 0 aromatic rings. The summed E-state index contributed by atoms with van der Waals surface area (Å²) in [5, 5.41) is 3.04. The molecule has 8 nitrogen and oxygen atoms in total. The molecule has 0 unspecified atom stereocenters. The Labute approximate surface area is 181 Å². The van der Waals surface area contributed by atoms with Gasteiger partial charge < -0.3 is 24.6 Å². The largest absolute Gasteiger partial charge is 0.348 e. The van der Waals surface area contributed by atoms with E-state index in [2.05, 4.69) is 17.3 Å². The molecule has 0 aromatic heterocycles. The van der Waals surface area contributed by atoms with Crippen molar-refractivity contribution >= 4 is 11.9 Å². The second-order valence-corrected chi connectivity index (χ2v) is 10.2. The summed E-state index contributed by atoms with van der Waals surface area (Å²) in [5.74, 6) is -0.369. The molecule has 1 saturated carbocycles. The summed E-state index contributed by atoms with van der Waals surface area (Å²) >= 11 is 0. The molecular formula is C22H40N4O4. The first kappa shape index (κ1) is 23.4. The highest BCUT2D eigenvalue weighted by Crippen LogP contribution is 2.45. The van der Waals surface area contributed by atoms with Crippen LogP contribution in [-0.4, -0.2) is 98.0 Å². The number of rotatable bonds is 5. The van der Waals surface area contributed by atoms with Crippen molar-refractivity contribution in [2.24, 2.45) is 11.8 Å². The summed E-state index contributed by atoms with van der Waals surface area (Å²) in [6, 6.07) is 0.150. The van der Waals surface area contributed by atoms with Crippen molar-refractivity contribution in [1.29, 1.82) is 0 Å². The summed E-state index contributed by atoms with van der Waals surface area (Å²) < 4.78 is 11.9. The summed E-state index contributed by atoms with van der Waals surface area (Å²) in [5.41, 5.74) is -0.421. The van der Waals surface area contributed by atoms with Gasteiger partial charge in [-0.25, -0.2) is 4.79 Å². The molecule has 3 rings (SSSR count). The van der Waals surface area contributed by atoms with Crippen LogP contribution in [0.3, 0.4) is 0 Å². The third kappa shape index (κ3) is 5.15. The van der Waals surface area contributed by atoms with Crippen LogP contribution in [0.4, 0.5) is 4.79 Å². The average Bonchev–Trinajstić information content (AvgIpc) is 3.07. The maximum absolute atomic E-state index is 13.4. The number of urea groups is 1. The molecule has 0 aromatic carbocycles. The lowest BCUT2D eigenvalue weighted by Gasteiger charge is -2.49. The molecule has 3 amide bonds. The van der Waals surface area contributed by atoms with Gasteiger partial charge in [-0.05, 0) is 60.7 Å².